The van der Waals surface area contributed by atoms with Crippen LogP contribution < -0.4 is 5.32 Å². The zero-order valence-corrected chi connectivity index (χ0v) is 8.10. The van der Waals surface area contributed by atoms with E-state index in [-0.39, 0.29) is 24.2 Å². The van der Waals surface area contributed by atoms with Gasteiger partial charge in [0.15, 0.2) is 0 Å². The molecule has 3 unspecified atom stereocenters. The van der Waals surface area contributed by atoms with Gasteiger partial charge >= 0.3 is 0 Å². The number of fused-ring (bicyclic) bond motifs is 1. The number of carbonyl (C=O) groups excluding carboxylic acids is 2. The largest absolute Gasteiger partial charge is 0.358 e. The molecule has 1 amide bonds. The second kappa shape index (κ2) is 3.67. The first-order chi connectivity index (χ1) is 6.77. The van der Waals surface area contributed by atoms with Crippen LogP contribution in [0.3, 0.4) is 0 Å². The lowest BCUT2D eigenvalue weighted by Gasteiger charge is -2.34. The molecular weight excluding hydrogens is 184 g/mol. The van der Waals surface area contributed by atoms with Gasteiger partial charge < -0.3 is 19.7 Å². The Morgan fingerprint density at radius 1 is 1.64 bits per heavy atom. The maximum atomic E-state index is 11.8. The van der Waals surface area contributed by atoms with Crippen molar-refractivity contribution in [2.24, 2.45) is 0 Å². The molecule has 2 heterocycles. The minimum absolute atomic E-state index is 0.0192. The van der Waals surface area contributed by atoms with Crippen LogP contribution in [-0.4, -0.2) is 49.1 Å². The van der Waals surface area contributed by atoms with E-state index in [1.807, 2.05) is 0 Å². The lowest BCUT2D eigenvalue weighted by molar-refractivity contribution is -0.154. The highest BCUT2D eigenvalue weighted by Crippen LogP contribution is 2.27. The first kappa shape index (κ1) is 9.61. The Balaban J connectivity index is 2.17. The van der Waals surface area contributed by atoms with Crippen molar-refractivity contribution in [1.82, 2.24) is 10.2 Å². The zero-order valence-electron chi connectivity index (χ0n) is 8.10. The van der Waals surface area contributed by atoms with E-state index >= 15 is 0 Å². The molecule has 2 rings (SSSR count). The minimum Gasteiger partial charge on any atom is -0.358 e. The first-order valence-electron chi connectivity index (χ1n) is 4.84. The Morgan fingerprint density at radius 3 is 3.07 bits per heavy atom. The second-order valence-corrected chi connectivity index (χ2v) is 3.64. The summed E-state index contributed by atoms with van der Waals surface area (Å²) in [6, 6.07) is -0.486. The lowest BCUT2D eigenvalue weighted by atomic mass is 10.2. The average molecular weight is 198 g/mol. The molecule has 0 aromatic heterocycles. The summed E-state index contributed by atoms with van der Waals surface area (Å²) in [5.74, 6) is -0.0192. The second-order valence-electron chi connectivity index (χ2n) is 3.64. The number of ether oxygens (including phenoxy) is 1. The van der Waals surface area contributed by atoms with Crippen molar-refractivity contribution in [3.8, 4) is 0 Å². The molecule has 0 bridgehead atoms. The van der Waals surface area contributed by atoms with E-state index < -0.39 is 0 Å². The molecule has 2 aliphatic rings. The third-order valence-corrected chi connectivity index (χ3v) is 2.89. The summed E-state index contributed by atoms with van der Waals surface area (Å²) < 4.78 is 5.44. The summed E-state index contributed by atoms with van der Waals surface area (Å²) in [6.45, 7) is 0.564. The topological polar surface area (TPSA) is 58.6 Å². The molecule has 5 nitrogen and oxygen atoms in total. The lowest BCUT2D eigenvalue weighted by Crippen LogP contribution is -2.49. The molecule has 0 radical (unpaired) electrons. The number of nitrogens with one attached hydrogen (secondary N) is 1. The number of hydrogen-bond donors (Lipinski definition) is 1. The van der Waals surface area contributed by atoms with Gasteiger partial charge in [0, 0.05) is 6.42 Å². The SMILES string of the molecule is CNC1CC2OCCC(C=O)N2C1=O. The third kappa shape index (κ3) is 1.33. The van der Waals surface area contributed by atoms with Gasteiger partial charge in [-0.05, 0) is 13.5 Å². The number of amides is 1. The molecule has 1 N–H and O–H groups in total. The number of rotatable bonds is 2. The van der Waals surface area contributed by atoms with Gasteiger partial charge in [0.2, 0.25) is 5.91 Å². The van der Waals surface area contributed by atoms with Gasteiger partial charge in [-0.1, -0.05) is 0 Å². The summed E-state index contributed by atoms with van der Waals surface area (Å²) in [5.41, 5.74) is 0. The Labute approximate surface area is 82.4 Å². The monoisotopic (exact) mass is 198 g/mol. The van der Waals surface area contributed by atoms with E-state index in [9.17, 15) is 9.59 Å². The fraction of sp³-hybridized carbons (Fsp3) is 0.778. The van der Waals surface area contributed by atoms with E-state index in [1.54, 1.807) is 11.9 Å². The summed E-state index contributed by atoms with van der Waals surface area (Å²) in [5, 5.41) is 2.93. The Morgan fingerprint density at radius 2 is 2.43 bits per heavy atom. The smallest absolute Gasteiger partial charge is 0.242 e. The van der Waals surface area contributed by atoms with E-state index in [1.165, 1.54) is 0 Å². The van der Waals surface area contributed by atoms with E-state index in [0.29, 0.717) is 19.4 Å². The van der Waals surface area contributed by atoms with Crippen molar-refractivity contribution in [3.05, 3.63) is 0 Å². The van der Waals surface area contributed by atoms with Crippen LogP contribution >= 0.6 is 0 Å². The molecule has 2 fully saturated rings. The van der Waals surface area contributed by atoms with Crippen molar-refractivity contribution in [2.75, 3.05) is 13.7 Å². The average Bonchev–Trinajstić information content (AvgIpc) is 2.55. The van der Waals surface area contributed by atoms with E-state index in [4.69, 9.17) is 4.74 Å². The Kier molecular flexibility index (Phi) is 2.52. The van der Waals surface area contributed by atoms with Crippen molar-refractivity contribution in [1.29, 1.82) is 0 Å². The molecule has 0 saturated carbocycles. The zero-order chi connectivity index (χ0) is 10.1. The highest BCUT2D eigenvalue weighted by atomic mass is 16.5. The van der Waals surface area contributed by atoms with Gasteiger partial charge in [0.05, 0.1) is 18.7 Å². The first-order valence-corrected chi connectivity index (χ1v) is 4.84. The molecule has 14 heavy (non-hydrogen) atoms. The number of carbonyl (C=O) groups is 2. The quantitative estimate of drug-likeness (QED) is 0.585. The molecule has 5 heteroatoms. The number of hydrogen-bond acceptors (Lipinski definition) is 4. The highest BCUT2D eigenvalue weighted by molar-refractivity contribution is 5.87. The summed E-state index contributed by atoms with van der Waals surface area (Å²) in [4.78, 5) is 24.1. The van der Waals surface area contributed by atoms with E-state index in [0.717, 1.165) is 6.29 Å². The molecule has 3 atom stereocenters. The normalized spacial score (nSPS) is 37.1. The van der Waals surface area contributed by atoms with Gasteiger partial charge in [0.25, 0.3) is 0 Å². The molecular formula is C9H14N2O3. The van der Waals surface area contributed by atoms with Crippen LogP contribution in [0.4, 0.5) is 0 Å². The van der Waals surface area contributed by atoms with Crippen molar-refractivity contribution >= 4 is 12.2 Å². The molecule has 0 aliphatic carbocycles. The molecule has 2 aliphatic heterocycles. The summed E-state index contributed by atoms with van der Waals surface area (Å²) >= 11 is 0. The van der Waals surface area contributed by atoms with Crippen molar-refractivity contribution in [3.63, 3.8) is 0 Å². The Bertz CT molecular complexity index is 256. The maximum Gasteiger partial charge on any atom is 0.242 e. The highest BCUT2D eigenvalue weighted by Gasteiger charge is 2.44. The van der Waals surface area contributed by atoms with Crippen molar-refractivity contribution in [2.45, 2.75) is 31.2 Å². The van der Waals surface area contributed by atoms with Crippen LogP contribution in [0, 0.1) is 0 Å². The summed E-state index contributed by atoms with van der Waals surface area (Å²) in [7, 11) is 1.75. The summed E-state index contributed by atoms with van der Waals surface area (Å²) in [6.07, 6.45) is 1.89. The third-order valence-electron chi connectivity index (χ3n) is 2.89. The number of nitrogens with zero attached hydrogens (tertiary/aromatic N) is 1. The van der Waals surface area contributed by atoms with Crippen LogP contribution in [0.15, 0.2) is 0 Å². The maximum absolute atomic E-state index is 11.8. The molecule has 0 aromatic carbocycles. The van der Waals surface area contributed by atoms with Crippen LogP contribution in [0.1, 0.15) is 12.8 Å². The molecule has 2 saturated heterocycles. The van der Waals surface area contributed by atoms with Crippen LogP contribution in [-0.2, 0) is 14.3 Å². The fourth-order valence-corrected chi connectivity index (χ4v) is 2.10. The van der Waals surface area contributed by atoms with Crippen LogP contribution in [0.2, 0.25) is 0 Å². The number of aldehydes is 1. The van der Waals surface area contributed by atoms with Gasteiger partial charge in [-0.2, -0.15) is 0 Å². The Hall–Kier alpha value is -0.940. The molecule has 78 valence electrons. The van der Waals surface area contributed by atoms with Crippen LogP contribution in [0.25, 0.3) is 0 Å². The molecule has 0 spiro atoms. The minimum atomic E-state index is -0.292. The predicted molar refractivity (Wildman–Crippen MR) is 48.5 cm³/mol. The number of likely N-dealkylation sites (N-methyl/N-ethyl adjacent to an activating group) is 1. The standard InChI is InChI=1S/C9H14N2O3/c1-10-7-4-8-11(9(7)13)6(5-12)2-3-14-8/h5-8,10H,2-4H2,1H3. The van der Waals surface area contributed by atoms with Gasteiger partial charge in [0.1, 0.15) is 12.5 Å². The predicted octanol–water partition coefficient (Wildman–Crippen LogP) is -0.879. The van der Waals surface area contributed by atoms with Crippen molar-refractivity contribution < 1.29 is 14.3 Å². The van der Waals surface area contributed by atoms with Gasteiger partial charge in [-0.25, -0.2) is 0 Å². The van der Waals surface area contributed by atoms with Gasteiger partial charge in [-0.3, -0.25) is 4.79 Å². The molecule has 0 aromatic rings. The van der Waals surface area contributed by atoms with Crippen LogP contribution in [0.5, 0.6) is 0 Å². The van der Waals surface area contributed by atoms with Gasteiger partial charge in [-0.15, -0.1) is 0 Å². The fourth-order valence-electron chi connectivity index (χ4n) is 2.10. The van der Waals surface area contributed by atoms with E-state index in [2.05, 4.69) is 5.32 Å².